The van der Waals surface area contributed by atoms with Crippen molar-refractivity contribution in [2.45, 2.75) is 25.9 Å². The maximum Gasteiger partial charge on any atom is 0.267 e. The second-order valence-electron chi connectivity index (χ2n) is 8.25. The van der Waals surface area contributed by atoms with Crippen LogP contribution in [0.2, 0.25) is 0 Å². The Labute approximate surface area is 192 Å². The molecule has 0 aliphatic carbocycles. The van der Waals surface area contributed by atoms with Crippen LogP contribution in [0.4, 0.5) is 11.4 Å². The van der Waals surface area contributed by atoms with Gasteiger partial charge in [0, 0.05) is 35.4 Å². The van der Waals surface area contributed by atoms with Crippen molar-refractivity contribution in [1.29, 1.82) is 0 Å². The van der Waals surface area contributed by atoms with Crippen LogP contribution in [0.3, 0.4) is 0 Å². The molecule has 0 spiro atoms. The van der Waals surface area contributed by atoms with E-state index in [1.807, 2.05) is 60.8 Å². The number of para-hydroxylation sites is 1. The largest absolute Gasteiger partial charge is 0.479 e. The first-order chi connectivity index (χ1) is 16.1. The summed E-state index contributed by atoms with van der Waals surface area (Å²) in [6.45, 7) is 2.32. The summed E-state index contributed by atoms with van der Waals surface area (Å²) in [6.07, 6.45) is 2.31. The quantitative estimate of drug-likeness (QED) is 0.457. The number of aromatic nitrogens is 1. The Morgan fingerprint density at radius 1 is 1.06 bits per heavy atom. The molecule has 2 N–H and O–H groups in total. The molecule has 0 saturated heterocycles. The second-order valence-corrected chi connectivity index (χ2v) is 8.25. The van der Waals surface area contributed by atoms with Gasteiger partial charge >= 0.3 is 0 Å². The minimum atomic E-state index is -0.578. The average molecular weight is 440 g/mol. The first kappa shape index (κ1) is 20.8. The molecule has 6 nitrogen and oxygen atoms in total. The number of hydrogen-bond donors (Lipinski definition) is 2. The third-order valence-corrected chi connectivity index (χ3v) is 5.94. The Morgan fingerprint density at radius 2 is 1.85 bits per heavy atom. The van der Waals surface area contributed by atoms with E-state index in [1.54, 1.807) is 17.9 Å². The normalized spacial score (nSPS) is 15.2. The molecule has 5 rings (SSSR count). The molecule has 33 heavy (non-hydrogen) atoms. The molecule has 2 heterocycles. The molecule has 1 unspecified atom stereocenters. The molecule has 0 bridgehead atoms. The number of carbonyl (C=O) groups excluding carboxylic acids is 2. The van der Waals surface area contributed by atoms with E-state index in [9.17, 15) is 9.59 Å². The fraction of sp³-hybridized carbons (Fsp3) is 0.185. The fourth-order valence-electron chi connectivity index (χ4n) is 4.26. The van der Waals surface area contributed by atoms with E-state index in [-0.39, 0.29) is 18.2 Å². The van der Waals surface area contributed by atoms with Gasteiger partial charge in [0.05, 0.1) is 12.1 Å². The first-order valence-corrected chi connectivity index (χ1v) is 11.1. The molecule has 1 aliphatic heterocycles. The number of ether oxygens (including phenoxy) is 1. The predicted octanol–water partition coefficient (Wildman–Crippen LogP) is 4.71. The van der Waals surface area contributed by atoms with Gasteiger partial charge in [-0.15, -0.1) is 0 Å². The maximum absolute atomic E-state index is 12.8. The van der Waals surface area contributed by atoms with Gasteiger partial charge in [-0.2, -0.15) is 0 Å². The van der Waals surface area contributed by atoms with E-state index >= 15 is 0 Å². The third kappa shape index (κ3) is 4.32. The van der Waals surface area contributed by atoms with Crippen molar-refractivity contribution in [1.82, 2.24) is 4.98 Å². The summed E-state index contributed by atoms with van der Waals surface area (Å²) in [6, 6.07) is 23.5. The molecular weight excluding hydrogens is 414 g/mol. The molecule has 1 aliphatic rings. The first-order valence-electron chi connectivity index (χ1n) is 11.1. The summed E-state index contributed by atoms with van der Waals surface area (Å²) < 4.78 is 5.86. The van der Waals surface area contributed by atoms with Gasteiger partial charge in [-0.25, -0.2) is 0 Å². The zero-order valence-electron chi connectivity index (χ0n) is 18.4. The molecule has 2 amide bonds. The van der Waals surface area contributed by atoms with Crippen molar-refractivity contribution < 1.29 is 14.3 Å². The number of anilines is 2. The lowest BCUT2D eigenvalue weighted by Crippen LogP contribution is -2.45. The molecule has 0 radical (unpaired) electrons. The predicted molar refractivity (Wildman–Crippen MR) is 130 cm³/mol. The summed E-state index contributed by atoms with van der Waals surface area (Å²) in [5.74, 6) is 0.426. The maximum atomic E-state index is 12.8. The number of nitrogens with zero attached hydrogens (tertiary/aromatic N) is 1. The molecule has 4 aromatic rings. The lowest BCUT2D eigenvalue weighted by Gasteiger charge is -2.33. The molecule has 166 valence electrons. The fourth-order valence-corrected chi connectivity index (χ4v) is 4.26. The van der Waals surface area contributed by atoms with Crippen LogP contribution in [0.5, 0.6) is 5.75 Å². The van der Waals surface area contributed by atoms with Crippen molar-refractivity contribution in [2.75, 3.05) is 16.8 Å². The highest BCUT2D eigenvalue weighted by atomic mass is 16.5. The minimum absolute atomic E-state index is 0.0606. The highest BCUT2D eigenvalue weighted by Gasteiger charge is 2.31. The average Bonchev–Trinajstić information content (AvgIpc) is 3.23. The SMILES string of the molecule is CC1Oc2cc(NC(=O)Cc3c[nH]c4ccccc34)ccc2N(CCc2ccccc2)C1=O. The van der Waals surface area contributed by atoms with Crippen LogP contribution in [0, 0.1) is 0 Å². The number of fused-ring (bicyclic) bond motifs is 2. The molecular formula is C27H25N3O3. The number of amides is 2. The highest BCUT2D eigenvalue weighted by Crippen LogP contribution is 2.36. The van der Waals surface area contributed by atoms with Crippen LogP contribution in [0.15, 0.2) is 79.0 Å². The zero-order chi connectivity index (χ0) is 22.8. The smallest absolute Gasteiger partial charge is 0.267 e. The number of aromatic amines is 1. The highest BCUT2D eigenvalue weighted by molar-refractivity contribution is 6.01. The minimum Gasteiger partial charge on any atom is -0.479 e. The Kier molecular flexibility index (Phi) is 5.57. The van der Waals surface area contributed by atoms with Crippen LogP contribution in [0.25, 0.3) is 10.9 Å². The van der Waals surface area contributed by atoms with Crippen molar-refractivity contribution >= 4 is 34.1 Å². The van der Waals surface area contributed by atoms with E-state index in [0.717, 1.165) is 28.6 Å². The van der Waals surface area contributed by atoms with Gasteiger partial charge in [0.15, 0.2) is 6.10 Å². The molecule has 6 heteroatoms. The van der Waals surface area contributed by atoms with Crippen LogP contribution < -0.4 is 15.0 Å². The van der Waals surface area contributed by atoms with E-state index in [0.29, 0.717) is 18.0 Å². The van der Waals surface area contributed by atoms with Crippen molar-refractivity contribution in [3.05, 3.63) is 90.1 Å². The van der Waals surface area contributed by atoms with Gasteiger partial charge in [0.2, 0.25) is 5.91 Å². The van der Waals surface area contributed by atoms with Gasteiger partial charge in [0.1, 0.15) is 5.75 Å². The number of benzene rings is 3. The zero-order valence-corrected chi connectivity index (χ0v) is 18.4. The summed E-state index contributed by atoms with van der Waals surface area (Å²) in [5.41, 5.74) is 4.50. The summed E-state index contributed by atoms with van der Waals surface area (Å²) in [5, 5.41) is 4.00. The van der Waals surface area contributed by atoms with E-state index in [4.69, 9.17) is 4.74 Å². The van der Waals surface area contributed by atoms with Crippen molar-refractivity contribution in [3.8, 4) is 5.75 Å². The van der Waals surface area contributed by atoms with Crippen LogP contribution in [-0.2, 0) is 22.4 Å². The topological polar surface area (TPSA) is 74.4 Å². The lowest BCUT2D eigenvalue weighted by molar-refractivity contribution is -0.125. The van der Waals surface area contributed by atoms with Gasteiger partial charge < -0.3 is 19.9 Å². The van der Waals surface area contributed by atoms with Gasteiger partial charge in [0.25, 0.3) is 5.91 Å². The Balaban J connectivity index is 1.31. The summed E-state index contributed by atoms with van der Waals surface area (Å²) in [4.78, 5) is 30.5. The van der Waals surface area contributed by atoms with E-state index in [2.05, 4.69) is 22.4 Å². The molecule has 0 saturated carbocycles. The number of H-pyrrole nitrogens is 1. The summed E-state index contributed by atoms with van der Waals surface area (Å²) >= 11 is 0. The standard InChI is InChI=1S/C27H25N3O3/c1-18-27(32)30(14-13-19-7-3-2-4-8-19)24-12-11-21(16-25(24)33-18)29-26(31)15-20-17-28-23-10-6-5-9-22(20)23/h2-12,16-18,28H,13-15H2,1H3,(H,29,31). The second kappa shape index (κ2) is 8.82. The molecule has 1 aromatic heterocycles. The van der Waals surface area contributed by atoms with Crippen molar-refractivity contribution in [3.63, 3.8) is 0 Å². The Hall–Kier alpha value is -4.06. The Bertz CT molecular complexity index is 1310. The van der Waals surface area contributed by atoms with Crippen LogP contribution in [0.1, 0.15) is 18.1 Å². The number of hydrogen-bond acceptors (Lipinski definition) is 3. The molecule has 3 aromatic carbocycles. The van der Waals surface area contributed by atoms with Crippen molar-refractivity contribution in [2.24, 2.45) is 0 Å². The monoisotopic (exact) mass is 439 g/mol. The molecule has 0 fully saturated rings. The van der Waals surface area contributed by atoms with E-state index in [1.165, 1.54) is 5.56 Å². The number of rotatable bonds is 6. The molecule has 1 atom stereocenters. The van der Waals surface area contributed by atoms with Crippen LogP contribution in [-0.4, -0.2) is 29.4 Å². The van der Waals surface area contributed by atoms with E-state index < -0.39 is 6.10 Å². The lowest BCUT2D eigenvalue weighted by atomic mass is 10.1. The van der Waals surface area contributed by atoms with Gasteiger partial charge in [-0.05, 0) is 42.7 Å². The van der Waals surface area contributed by atoms with Gasteiger partial charge in [-0.1, -0.05) is 48.5 Å². The number of carbonyl (C=O) groups is 2. The number of nitrogens with one attached hydrogen (secondary N) is 2. The summed E-state index contributed by atoms with van der Waals surface area (Å²) in [7, 11) is 0. The van der Waals surface area contributed by atoms with Crippen LogP contribution >= 0.6 is 0 Å². The Morgan fingerprint density at radius 3 is 2.70 bits per heavy atom. The van der Waals surface area contributed by atoms with Gasteiger partial charge in [-0.3, -0.25) is 9.59 Å². The third-order valence-electron chi connectivity index (χ3n) is 5.94.